The topological polar surface area (TPSA) is 84.5 Å². The van der Waals surface area contributed by atoms with Crippen molar-refractivity contribution in [2.24, 2.45) is 0 Å². The quantitative estimate of drug-likeness (QED) is 0.571. The van der Waals surface area contributed by atoms with Crippen LogP contribution in [0.5, 0.6) is 5.75 Å². The summed E-state index contributed by atoms with van der Waals surface area (Å²) in [5.41, 5.74) is 2.19. The summed E-state index contributed by atoms with van der Waals surface area (Å²) in [6.07, 6.45) is -0.0762. The fourth-order valence-electron chi connectivity index (χ4n) is 3.02. The fourth-order valence-corrected chi connectivity index (χ4v) is 4.24. The van der Waals surface area contributed by atoms with Crippen LogP contribution in [0.3, 0.4) is 0 Å². The minimum Gasteiger partial charge on any atom is -0.495 e. The third kappa shape index (κ3) is 5.46. The van der Waals surface area contributed by atoms with Crippen LogP contribution in [0.15, 0.2) is 83.8 Å². The number of para-hydroxylation sites is 2. The SMILES string of the molecule is COc1ccccc1NC(=O)C[C@H](NS(=O)(=O)c1ccc(C)cc1)c1ccccc1. The van der Waals surface area contributed by atoms with Gasteiger partial charge in [-0.1, -0.05) is 60.2 Å². The predicted octanol–water partition coefficient (Wildman–Crippen LogP) is 4.05. The molecule has 0 radical (unpaired) electrons. The Morgan fingerprint density at radius 3 is 2.23 bits per heavy atom. The highest BCUT2D eigenvalue weighted by Gasteiger charge is 2.24. The lowest BCUT2D eigenvalue weighted by atomic mass is 10.0. The van der Waals surface area contributed by atoms with Crippen LogP contribution in [-0.2, 0) is 14.8 Å². The molecule has 0 aliphatic carbocycles. The first-order valence-electron chi connectivity index (χ1n) is 9.46. The number of sulfonamides is 1. The van der Waals surface area contributed by atoms with Crippen molar-refractivity contribution >= 4 is 21.6 Å². The monoisotopic (exact) mass is 424 g/mol. The summed E-state index contributed by atoms with van der Waals surface area (Å²) >= 11 is 0. The number of ether oxygens (including phenoxy) is 1. The lowest BCUT2D eigenvalue weighted by Crippen LogP contribution is -2.31. The molecule has 0 bridgehead atoms. The Kier molecular flexibility index (Phi) is 6.87. The summed E-state index contributed by atoms with van der Waals surface area (Å²) < 4.78 is 33.7. The van der Waals surface area contributed by atoms with E-state index < -0.39 is 16.1 Å². The number of benzene rings is 3. The number of rotatable bonds is 8. The molecule has 0 unspecified atom stereocenters. The van der Waals surface area contributed by atoms with Gasteiger partial charge in [-0.05, 0) is 36.8 Å². The smallest absolute Gasteiger partial charge is 0.241 e. The summed E-state index contributed by atoms with van der Waals surface area (Å²) in [5, 5.41) is 2.80. The fraction of sp³-hybridized carbons (Fsp3) is 0.174. The van der Waals surface area contributed by atoms with E-state index in [2.05, 4.69) is 10.0 Å². The molecule has 1 atom stereocenters. The van der Waals surface area contributed by atoms with E-state index in [1.807, 2.05) is 13.0 Å². The van der Waals surface area contributed by atoms with E-state index in [1.165, 1.54) is 7.11 Å². The lowest BCUT2D eigenvalue weighted by Gasteiger charge is -2.19. The van der Waals surface area contributed by atoms with Gasteiger partial charge in [-0.3, -0.25) is 4.79 Å². The number of carbonyl (C=O) groups excluding carboxylic acids is 1. The Balaban J connectivity index is 1.83. The van der Waals surface area contributed by atoms with Crippen molar-refractivity contribution in [3.63, 3.8) is 0 Å². The van der Waals surface area contributed by atoms with Gasteiger partial charge in [0.15, 0.2) is 0 Å². The molecule has 6 nitrogen and oxygen atoms in total. The van der Waals surface area contributed by atoms with Gasteiger partial charge in [0.25, 0.3) is 0 Å². The van der Waals surface area contributed by atoms with E-state index in [1.54, 1.807) is 72.8 Å². The number of amides is 1. The Hall–Kier alpha value is -3.16. The Bertz CT molecular complexity index is 1100. The Morgan fingerprint density at radius 2 is 1.57 bits per heavy atom. The third-order valence-corrected chi connectivity index (χ3v) is 6.09. The van der Waals surface area contributed by atoms with Crippen molar-refractivity contribution in [1.29, 1.82) is 0 Å². The number of hydrogen-bond acceptors (Lipinski definition) is 4. The maximum absolute atomic E-state index is 12.9. The van der Waals surface area contributed by atoms with Crippen molar-refractivity contribution < 1.29 is 17.9 Å². The van der Waals surface area contributed by atoms with Gasteiger partial charge in [0.05, 0.1) is 23.7 Å². The molecule has 156 valence electrons. The van der Waals surface area contributed by atoms with Crippen molar-refractivity contribution in [3.8, 4) is 5.75 Å². The molecular weight excluding hydrogens is 400 g/mol. The molecule has 0 aromatic heterocycles. The number of anilines is 1. The number of carbonyl (C=O) groups is 1. The molecule has 2 N–H and O–H groups in total. The molecule has 0 spiro atoms. The van der Waals surface area contributed by atoms with Crippen molar-refractivity contribution in [2.45, 2.75) is 24.3 Å². The first-order chi connectivity index (χ1) is 14.4. The molecule has 0 saturated heterocycles. The number of aryl methyl sites for hydroxylation is 1. The number of nitrogens with one attached hydrogen (secondary N) is 2. The highest BCUT2D eigenvalue weighted by molar-refractivity contribution is 7.89. The van der Waals surface area contributed by atoms with Crippen LogP contribution in [0, 0.1) is 6.92 Å². The molecule has 0 aliphatic rings. The predicted molar refractivity (Wildman–Crippen MR) is 117 cm³/mol. The number of hydrogen-bond donors (Lipinski definition) is 2. The molecule has 3 rings (SSSR count). The minimum absolute atomic E-state index is 0.0762. The van der Waals surface area contributed by atoms with E-state index in [4.69, 9.17) is 4.74 Å². The van der Waals surface area contributed by atoms with Gasteiger partial charge >= 0.3 is 0 Å². The highest BCUT2D eigenvalue weighted by atomic mass is 32.2. The molecule has 0 aliphatic heterocycles. The second kappa shape index (κ2) is 9.56. The van der Waals surface area contributed by atoms with Gasteiger partial charge in [0.2, 0.25) is 15.9 Å². The highest BCUT2D eigenvalue weighted by Crippen LogP contribution is 2.25. The molecule has 0 saturated carbocycles. The Labute approximate surface area is 177 Å². The molecule has 0 heterocycles. The summed E-state index contributed by atoms with van der Waals surface area (Å²) in [4.78, 5) is 12.9. The Morgan fingerprint density at radius 1 is 0.933 bits per heavy atom. The van der Waals surface area contributed by atoms with Crippen LogP contribution >= 0.6 is 0 Å². The zero-order valence-corrected chi connectivity index (χ0v) is 17.6. The standard InChI is InChI=1S/C23H24N2O4S/c1-17-12-14-19(15-13-17)30(27,28)25-21(18-8-4-3-5-9-18)16-23(26)24-20-10-6-7-11-22(20)29-2/h3-15,21,25H,16H2,1-2H3,(H,24,26)/t21-/m0/s1. The molecule has 7 heteroatoms. The summed E-state index contributed by atoms with van der Waals surface area (Å²) in [5.74, 6) is 0.197. The number of methoxy groups -OCH3 is 1. The van der Waals surface area contributed by atoms with Crippen molar-refractivity contribution in [3.05, 3.63) is 90.0 Å². The summed E-state index contributed by atoms with van der Waals surface area (Å²) in [6, 6.07) is 21.9. The molecule has 30 heavy (non-hydrogen) atoms. The zero-order valence-electron chi connectivity index (χ0n) is 16.8. The average molecular weight is 425 g/mol. The van der Waals surface area contributed by atoms with E-state index >= 15 is 0 Å². The van der Waals surface area contributed by atoms with E-state index in [0.29, 0.717) is 17.0 Å². The van der Waals surface area contributed by atoms with Crippen LogP contribution in [-0.4, -0.2) is 21.4 Å². The second-order valence-corrected chi connectivity index (χ2v) is 8.56. The maximum atomic E-state index is 12.9. The second-order valence-electron chi connectivity index (χ2n) is 6.85. The third-order valence-electron chi connectivity index (χ3n) is 4.60. The van der Waals surface area contributed by atoms with Crippen LogP contribution < -0.4 is 14.8 Å². The first-order valence-corrected chi connectivity index (χ1v) is 10.9. The van der Waals surface area contributed by atoms with Gasteiger partial charge in [-0.15, -0.1) is 0 Å². The van der Waals surface area contributed by atoms with E-state index in [9.17, 15) is 13.2 Å². The van der Waals surface area contributed by atoms with Crippen molar-refractivity contribution in [2.75, 3.05) is 12.4 Å². The molecule has 3 aromatic rings. The van der Waals surface area contributed by atoms with Crippen molar-refractivity contribution in [1.82, 2.24) is 4.72 Å². The molecule has 1 amide bonds. The van der Waals surface area contributed by atoms with Crippen LogP contribution in [0.2, 0.25) is 0 Å². The van der Waals surface area contributed by atoms with Gasteiger partial charge in [0.1, 0.15) is 5.75 Å². The molecular formula is C23H24N2O4S. The van der Waals surface area contributed by atoms with Gasteiger partial charge in [0, 0.05) is 6.42 Å². The first kappa shape index (κ1) is 21.5. The largest absolute Gasteiger partial charge is 0.495 e. The van der Waals surface area contributed by atoms with Crippen LogP contribution in [0.4, 0.5) is 5.69 Å². The van der Waals surface area contributed by atoms with Gasteiger partial charge in [-0.2, -0.15) is 0 Å². The van der Waals surface area contributed by atoms with E-state index in [0.717, 1.165) is 5.56 Å². The van der Waals surface area contributed by atoms with Crippen LogP contribution in [0.25, 0.3) is 0 Å². The lowest BCUT2D eigenvalue weighted by molar-refractivity contribution is -0.116. The minimum atomic E-state index is -3.81. The van der Waals surface area contributed by atoms with E-state index in [-0.39, 0.29) is 17.2 Å². The van der Waals surface area contributed by atoms with Crippen LogP contribution in [0.1, 0.15) is 23.6 Å². The molecule has 3 aromatic carbocycles. The average Bonchev–Trinajstić information content (AvgIpc) is 2.74. The normalized spacial score (nSPS) is 12.2. The zero-order chi connectivity index (χ0) is 21.6. The maximum Gasteiger partial charge on any atom is 0.241 e. The van der Waals surface area contributed by atoms with Gasteiger partial charge < -0.3 is 10.1 Å². The summed E-state index contributed by atoms with van der Waals surface area (Å²) in [6.45, 7) is 1.89. The van der Waals surface area contributed by atoms with Gasteiger partial charge in [-0.25, -0.2) is 13.1 Å². The molecule has 0 fully saturated rings. The summed E-state index contributed by atoms with van der Waals surface area (Å²) in [7, 11) is -2.29.